The molecule has 1 saturated heterocycles. The SMILES string of the molecule is Cc1ccc(C(CNC(=O)c2cnc3sc(C)cn3c2=O)N2CCCC2)cc1. The van der Waals surface area contributed by atoms with Crippen LogP contribution in [0.2, 0.25) is 0 Å². The summed E-state index contributed by atoms with van der Waals surface area (Å²) in [5, 5.41) is 2.97. The maximum absolute atomic E-state index is 12.7. The molecular formula is C21H24N4O2S. The number of fused-ring (bicyclic) bond motifs is 1. The lowest BCUT2D eigenvalue weighted by molar-refractivity contribution is 0.0936. The predicted molar refractivity (Wildman–Crippen MR) is 111 cm³/mol. The Hall–Kier alpha value is -2.51. The molecule has 4 rings (SSSR count). The first-order valence-corrected chi connectivity index (χ1v) is 10.4. The van der Waals surface area contributed by atoms with E-state index in [-0.39, 0.29) is 23.1 Å². The molecule has 0 spiro atoms. The second kappa shape index (κ2) is 7.85. The van der Waals surface area contributed by atoms with Crippen LogP contribution in [0.1, 0.15) is 45.2 Å². The molecule has 1 unspecified atom stereocenters. The van der Waals surface area contributed by atoms with Gasteiger partial charge in [-0.25, -0.2) is 4.98 Å². The molecule has 3 heterocycles. The Bertz CT molecular complexity index is 1050. The lowest BCUT2D eigenvalue weighted by atomic mass is 10.0. The van der Waals surface area contributed by atoms with Gasteiger partial charge in [-0.3, -0.25) is 18.9 Å². The number of aryl methyl sites for hydroxylation is 2. The molecule has 1 aliphatic heterocycles. The summed E-state index contributed by atoms with van der Waals surface area (Å²) in [5.41, 5.74) is 2.16. The van der Waals surface area contributed by atoms with Crippen LogP contribution in [0.3, 0.4) is 0 Å². The van der Waals surface area contributed by atoms with Crippen LogP contribution >= 0.6 is 11.3 Å². The number of benzene rings is 1. The Balaban J connectivity index is 1.55. The molecule has 7 heteroatoms. The molecular weight excluding hydrogens is 372 g/mol. The topological polar surface area (TPSA) is 66.7 Å². The molecule has 0 radical (unpaired) electrons. The highest BCUT2D eigenvalue weighted by Gasteiger charge is 2.24. The summed E-state index contributed by atoms with van der Waals surface area (Å²) in [6, 6.07) is 8.56. The number of hydrogen-bond donors (Lipinski definition) is 1. The van der Waals surface area contributed by atoms with Crippen molar-refractivity contribution in [2.45, 2.75) is 32.7 Å². The third-order valence-electron chi connectivity index (χ3n) is 5.27. The van der Waals surface area contributed by atoms with Crippen molar-refractivity contribution >= 4 is 22.2 Å². The van der Waals surface area contributed by atoms with E-state index in [2.05, 4.69) is 46.4 Å². The molecule has 0 aliphatic carbocycles. The summed E-state index contributed by atoms with van der Waals surface area (Å²) in [7, 11) is 0. The fourth-order valence-corrected chi connectivity index (χ4v) is 4.52. The van der Waals surface area contributed by atoms with Crippen molar-refractivity contribution in [3.8, 4) is 0 Å². The minimum atomic E-state index is -0.368. The number of amides is 1. The van der Waals surface area contributed by atoms with Gasteiger partial charge in [-0.1, -0.05) is 29.8 Å². The quantitative estimate of drug-likeness (QED) is 0.720. The number of carbonyl (C=O) groups is 1. The van der Waals surface area contributed by atoms with Crippen LogP contribution in [0.4, 0.5) is 0 Å². The second-order valence-corrected chi connectivity index (χ2v) is 8.56. The molecule has 0 saturated carbocycles. The van der Waals surface area contributed by atoms with Crippen molar-refractivity contribution in [3.05, 3.63) is 68.6 Å². The van der Waals surface area contributed by atoms with Crippen molar-refractivity contribution in [1.82, 2.24) is 19.6 Å². The first-order valence-electron chi connectivity index (χ1n) is 9.59. The molecule has 2 aromatic heterocycles. The standard InChI is InChI=1S/C21H24N4O2S/c1-14-5-7-16(8-6-14)18(24-9-3-4-10-24)12-22-19(26)17-11-23-21-25(20(17)27)13-15(2)28-21/h5-8,11,13,18H,3-4,9-10,12H2,1-2H3,(H,22,26). The maximum atomic E-state index is 12.7. The minimum absolute atomic E-state index is 0.0828. The molecule has 1 atom stereocenters. The molecule has 146 valence electrons. The Morgan fingerprint density at radius 3 is 2.64 bits per heavy atom. The van der Waals surface area contributed by atoms with E-state index in [1.54, 1.807) is 6.20 Å². The molecule has 1 aromatic carbocycles. The van der Waals surface area contributed by atoms with E-state index in [1.165, 1.54) is 45.9 Å². The minimum Gasteiger partial charge on any atom is -0.350 e. The van der Waals surface area contributed by atoms with Crippen LogP contribution in [-0.2, 0) is 0 Å². The highest BCUT2D eigenvalue weighted by molar-refractivity contribution is 7.16. The third-order valence-corrected chi connectivity index (χ3v) is 6.18. The van der Waals surface area contributed by atoms with Gasteiger partial charge in [0.05, 0.1) is 6.04 Å². The third kappa shape index (κ3) is 3.72. The van der Waals surface area contributed by atoms with E-state index >= 15 is 0 Å². The van der Waals surface area contributed by atoms with Crippen molar-refractivity contribution in [2.24, 2.45) is 0 Å². The summed E-state index contributed by atoms with van der Waals surface area (Å²) in [5.74, 6) is -0.368. The molecule has 28 heavy (non-hydrogen) atoms. The number of hydrogen-bond acceptors (Lipinski definition) is 5. The fraction of sp³-hybridized carbons (Fsp3) is 0.381. The highest BCUT2D eigenvalue weighted by Crippen LogP contribution is 2.25. The Morgan fingerprint density at radius 2 is 1.93 bits per heavy atom. The lowest BCUT2D eigenvalue weighted by Crippen LogP contribution is -2.38. The first kappa shape index (κ1) is 18.8. The number of carbonyl (C=O) groups excluding carboxylic acids is 1. The maximum Gasteiger partial charge on any atom is 0.271 e. The van der Waals surface area contributed by atoms with Gasteiger partial charge in [-0.15, -0.1) is 11.3 Å². The summed E-state index contributed by atoms with van der Waals surface area (Å²) < 4.78 is 1.45. The zero-order valence-electron chi connectivity index (χ0n) is 16.1. The van der Waals surface area contributed by atoms with Gasteiger partial charge in [0, 0.05) is 23.8 Å². The number of thiazole rings is 1. The summed E-state index contributed by atoms with van der Waals surface area (Å²) >= 11 is 1.43. The summed E-state index contributed by atoms with van der Waals surface area (Å²) in [6.45, 7) is 6.50. The number of rotatable bonds is 5. The normalized spacial score (nSPS) is 15.8. The molecule has 0 bridgehead atoms. The van der Waals surface area contributed by atoms with Crippen LogP contribution < -0.4 is 10.9 Å². The van der Waals surface area contributed by atoms with Crippen molar-refractivity contribution < 1.29 is 4.79 Å². The number of likely N-dealkylation sites (tertiary alicyclic amines) is 1. The van der Waals surface area contributed by atoms with Gasteiger partial charge < -0.3 is 5.32 Å². The lowest BCUT2D eigenvalue weighted by Gasteiger charge is -2.28. The van der Waals surface area contributed by atoms with Crippen LogP contribution in [0, 0.1) is 13.8 Å². The van der Waals surface area contributed by atoms with Crippen LogP contribution in [0.25, 0.3) is 4.96 Å². The van der Waals surface area contributed by atoms with Gasteiger partial charge in [0.1, 0.15) is 5.56 Å². The van der Waals surface area contributed by atoms with Gasteiger partial charge >= 0.3 is 0 Å². The van der Waals surface area contributed by atoms with E-state index in [9.17, 15) is 9.59 Å². The molecule has 1 aliphatic rings. The smallest absolute Gasteiger partial charge is 0.271 e. The second-order valence-electron chi connectivity index (χ2n) is 7.35. The largest absolute Gasteiger partial charge is 0.350 e. The summed E-state index contributed by atoms with van der Waals surface area (Å²) in [4.78, 5) is 33.6. The zero-order chi connectivity index (χ0) is 19.7. The number of nitrogens with zero attached hydrogens (tertiary/aromatic N) is 3. The average Bonchev–Trinajstić information content (AvgIpc) is 3.33. The Morgan fingerprint density at radius 1 is 1.21 bits per heavy atom. The van der Waals surface area contributed by atoms with Gasteiger partial charge in [-0.05, 0) is 45.3 Å². The van der Waals surface area contributed by atoms with Crippen LogP contribution in [-0.4, -0.2) is 39.8 Å². The molecule has 1 fully saturated rings. The zero-order valence-corrected chi connectivity index (χ0v) is 17.0. The van der Waals surface area contributed by atoms with E-state index in [0.29, 0.717) is 11.5 Å². The molecule has 6 nitrogen and oxygen atoms in total. The van der Waals surface area contributed by atoms with Gasteiger partial charge in [0.15, 0.2) is 4.96 Å². The van der Waals surface area contributed by atoms with E-state index in [0.717, 1.165) is 18.0 Å². The molecule has 1 amide bonds. The Labute approximate surface area is 167 Å². The van der Waals surface area contributed by atoms with E-state index in [4.69, 9.17) is 0 Å². The van der Waals surface area contributed by atoms with Crippen molar-refractivity contribution in [2.75, 3.05) is 19.6 Å². The van der Waals surface area contributed by atoms with Gasteiger partial charge in [0.25, 0.3) is 11.5 Å². The van der Waals surface area contributed by atoms with Gasteiger partial charge in [-0.2, -0.15) is 0 Å². The van der Waals surface area contributed by atoms with E-state index < -0.39 is 0 Å². The number of nitrogens with one attached hydrogen (secondary N) is 1. The monoisotopic (exact) mass is 396 g/mol. The predicted octanol–water partition coefficient (Wildman–Crippen LogP) is 2.94. The fourth-order valence-electron chi connectivity index (χ4n) is 3.74. The summed E-state index contributed by atoms with van der Waals surface area (Å²) in [6.07, 6.45) is 5.47. The van der Waals surface area contributed by atoms with Crippen LogP contribution in [0.15, 0.2) is 41.5 Å². The Kier molecular flexibility index (Phi) is 5.28. The molecule has 3 aromatic rings. The number of aromatic nitrogens is 2. The highest BCUT2D eigenvalue weighted by atomic mass is 32.1. The van der Waals surface area contributed by atoms with Crippen molar-refractivity contribution in [3.63, 3.8) is 0 Å². The molecule has 1 N–H and O–H groups in total. The van der Waals surface area contributed by atoms with Crippen LogP contribution in [0.5, 0.6) is 0 Å². The van der Waals surface area contributed by atoms with E-state index in [1.807, 2.05) is 6.92 Å². The average molecular weight is 397 g/mol. The first-order chi connectivity index (χ1) is 13.5. The van der Waals surface area contributed by atoms with Crippen molar-refractivity contribution in [1.29, 1.82) is 0 Å². The van der Waals surface area contributed by atoms with Gasteiger partial charge in [0.2, 0.25) is 0 Å².